The lowest BCUT2D eigenvalue weighted by Crippen LogP contribution is -2.62. The molecule has 111 heavy (non-hydrogen) atoms. The normalized spacial score (nSPS) is 18.3. The Kier molecular flexibility index (Phi) is 26.2. The number of amides is 4. The van der Waals surface area contributed by atoms with Gasteiger partial charge in [0, 0.05) is 103 Å². The van der Waals surface area contributed by atoms with Crippen LogP contribution < -0.4 is 25.5 Å². The molecule has 4 amide bonds. The van der Waals surface area contributed by atoms with Crippen LogP contribution in [-0.4, -0.2) is 199 Å². The molecule has 5 aromatic rings. The Bertz CT molecular complexity index is 4390. The number of likely N-dealkylation sites (tertiary alicyclic amines) is 1. The molecule has 6 N–H and O–H groups in total. The maximum Gasteiger partial charge on any atom is 0.524 e. The van der Waals surface area contributed by atoms with Gasteiger partial charge in [0.2, 0.25) is 11.9 Å². The number of benzene rings is 3. The molecular weight excluding hydrogens is 1510 g/mol. The minimum atomic E-state index is -5.60. The van der Waals surface area contributed by atoms with Crippen molar-refractivity contribution in [2.75, 3.05) is 58.5 Å². The number of phosphoric acid groups is 1. The lowest BCUT2D eigenvalue weighted by Gasteiger charge is -2.47. The molecule has 4 saturated heterocycles. The zero-order valence-corrected chi connectivity index (χ0v) is 62.6. The number of piperazine rings is 1. The van der Waals surface area contributed by atoms with E-state index in [4.69, 9.17) is 14.0 Å². The van der Waals surface area contributed by atoms with Gasteiger partial charge in [-0.3, -0.25) is 39.3 Å². The number of hydrazine groups is 1. The lowest BCUT2D eigenvalue weighted by atomic mass is 9.77. The van der Waals surface area contributed by atoms with E-state index in [0.717, 1.165) is 50.3 Å². The standard InChI is InChI=1S/C73H84F10N11O16P/c1-39-21-46(28-58(96)92-32-40(2)22-54(92)64(99)100)60(56(23-39)110-111(103,104)105)69(3,4)29-59(97)109-57(36-91(89-63(98)62(87-68(102)107-10)71(7,8)73(81,82)83)35-50-51(74)25-44(26-52(50)75)53-19-20-93(88-53)65(76)77)45(27-55(95)61(86-67(101)106-9)70(5,6)72(78,79)80)24-42-14-11-41(12-15-42)13-16-43-30-84-66(85-31-43)90-33-47-17-18-48(34-90)94(47)49-37-108-38-49/h11-12,14-15,19-21,23,25-26,30-31,45,47-49,54,57,61-62,65H,2,17-18,22,24,27-29,32-38H2,1,3-10H3,(H,86,101)(H,87,102)(H,89,98)(H,99,100)(H2,103,104,105)/t45-,47?,48?,54+,57+,61-,62-/m1/s1. The van der Waals surface area contributed by atoms with Crippen LogP contribution in [0, 0.1) is 47.1 Å². The Labute approximate surface area is 630 Å². The van der Waals surface area contributed by atoms with Crippen molar-refractivity contribution in [3.05, 3.63) is 136 Å². The Morgan fingerprint density at radius 3 is 1.91 bits per heavy atom. The summed E-state index contributed by atoms with van der Waals surface area (Å²) in [6.45, 7) is 6.57. The minimum absolute atomic E-state index is 0.103. The number of anilines is 1. The second-order valence-corrected chi connectivity index (χ2v) is 30.7. The zero-order chi connectivity index (χ0) is 81.8. The largest absolute Gasteiger partial charge is 0.524 e. The summed E-state index contributed by atoms with van der Waals surface area (Å²) in [6, 6.07) is 4.67. The summed E-state index contributed by atoms with van der Waals surface area (Å²) in [5, 5.41) is 17.9. The first-order valence-electron chi connectivity index (χ1n) is 34.8. The first-order valence-corrected chi connectivity index (χ1v) is 36.3. The third-order valence-electron chi connectivity index (χ3n) is 20.2. The monoisotopic (exact) mass is 1590 g/mol. The summed E-state index contributed by atoms with van der Waals surface area (Å²) in [4.78, 5) is 134. The number of hydrogen-bond donors (Lipinski definition) is 6. The van der Waals surface area contributed by atoms with E-state index in [1.807, 2.05) is 5.32 Å². The second kappa shape index (κ2) is 34.1. The number of aryl methyl sites for hydroxylation is 1. The van der Waals surface area contributed by atoms with Crippen LogP contribution in [0.15, 0.2) is 85.3 Å². The molecule has 2 bridgehead atoms. The Morgan fingerprint density at radius 2 is 1.38 bits per heavy atom. The maximum absolute atomic E-state index is 16.9. The van der Waals surface area contributed by atoms with E-state index >= 15 is 44.7 Å². The van der Waals surface area contributed by atoms with Crippen molar-refractivity contribution in [2.24, 2.45) is 16.7 Å². The molecule has 9 rings (SSSR count). The van der Waals surface area contributed by atoms with E-state index in [9.17, 15) is 52.2 Å². The Hall–Kier alpha value is -9.73. The number of ether oxygens (including phenoxy) is 4. The minimum Gasteiger partial charge on any atom is -0.480 e. The predicted molar refractivity (Wildman–Crippen MR) is 374 cm³/mol. The number of phosphoric ester groups is 1. The fourth-order valence-electron chi connectivity index (χ4n) is 14.1. The van der Waals surface area contributed by atoms with Crippen molar-refractivity contribution < 1.29 is 120 Å². The van der Waals surface area contributed by atoms with Gasteiger partial charge in [0.25, 0.3) is 5.91 Å². The molecule has 7 atom stereocenters. The number of Topliss-reactive ketones (excluding diaryl/α,β-unsaturated/α-hetero) is 1. The topological polar surface area (TPSA) is 336 Å². The molecule has 0 spiro atoms. The van der Waals surface area contributed by atoms with Crippen molar-refractivity contribution in [2.45, 2.75) is 167 Å². The molecule has 2 unspecified atom stereocenters. The number of rotatable bonds is 29. The molecule has 3 aromatic carbocycles. The van der Waals surface area contributed by atoms with E-state index in [1.165, 1.54) is 63.5 Å². The van der Waals surface area contributed by atoms with Crippen molar-refractivity contribution in [1.29, 1.82) is 0 Å². The van der Waals surface area contributed by atoms with E-state index in [0.29, 0.717) is 112 Å². The number of ketones is 1. The smallest absolute Gasteiger partial charge is 0.480 e. The molecule has 4 fully saturated rings. The summed E-state index contributed by atoms with van der Waals surface area (Å²) < 4.78 is 192. The van der Waals surface area contributed by atoms with E-state index < -0.39 is 188 Å². The number of hydrogen-bond acceptors (Lipinski definition) is 19. The van der Waals surface area contributed by atoms with Crippen LogP contribution in [0.1, 0.15) is 119 Å². The molecule has 4 aliphatic heterocycles. The fourth-order valence-corrected chi connectivity index (χ4v) is 14.5. The molecule has 0 saturated carbocycles. The van der Waals surface area contributed by atoms with Crippen molar-refractivity contribution in [3.8, 4) is 28.8 Å². The summed E-state index contributed by atoms with van der Waals surface area (Å²) in [5.74, 6) is -6.12. The first-order chi connectivity index (χ1) is 51.8. The number of halogens is 10. The van der Waals surface area contributed by atoms with Gasteiger partial charge >= 0.3 is 50.8 Å². The highest BCUT2D eigenvalue weighted by Crippen LogP contribution is 2.48. The Morgan fingerprint density at radius 1 is 0.802 bits per heavy atom. The van der Waals surface area contributed by atoms with Crippen LogP contribution in [0.5, 0.6) is 5.75 Å². The van der Waals surface area contributed by atoms with Gasteiger partial charge in [-0.15, -0.1) is 0 Å². The van der Waals surface area contributed by atoms with Gasteiger partial charge in [-0.2, -0.15) is 40.2 Å². The quantitative estimate of drug-likeness (QED) is 0.00493. The van der Waals surface area contributed by atoms with E-state index in [-0.39, 0.29) is 39.9 Å². The predicted octanol–water partition coefficient (Wildman–Crippen LogP) is 9.59. The number of carboxylic acids is 1. The van der Waals surface area contributed by atoms with Crippen molar-refractivity contribution in [3.63, 3.8) is 0 Å². The van der Waals surface area contributed by atoms with Crippen LogP contribution in [0.2, 0.25) is 0 Å². The van der Waals surface area contributed by atoms with E-state index in [1.54, 1.807) is 5.32 Å². The van der Waals surface area contributed by atoms with Gasteiger partial charge in [-0.25, -0.2) is 47.4 Å². The van der Waals surface area contributed by atoms with Gasteiger partial charge in [0.15, 0.2) is 5.78 Å². The molecule has 6 heterocycles. The highest BCUT2D eigenvalue weighted by Gasteiger charge is 2.58. The number of fused-ring (bicyclic) bond motifs is 2. The van der Waals surface area contributed by atoms with Gasteiger partial charge in [0.05, 0.1) is 74.9 Å². The van der Waals surface area contributed by atoms with Crippen LogP contribution in [-0.2, 0) is 72.3 Å². The highest BCUT2D eigenvalue weighted by molar-refractivity contribution is 7.46. The fraction of sp³-hybridized carbons (Fsp3) is 0.507. The number of alkyl carbamates (subject to hydrolysis) is 2. The summed E-state index contributed by atoms with van der Waals surface area (Å²) >= 11 is 0. The number of carbonyl (C=O) groups excluding carboxylic acids is 6. The van der Waals surface area contributed by atoms with Crippen LogP contribution in [0.4, 0.5) is 59.4 Å². The molecule has 0 aliphatic carbocycles. The molecule has 0 radical (unpaired) electrons. The number of methoxy groups -OCH3 is 2. The summed E-state index contributed by atoms with van der Waals surface area (Å²) in [6.07, 6.45) is -14.0. The molecule has 4 aliphatic rings. The molecule has 27 nitrogen and oxygen atoms in total. The van der Waals surface area contributed by atoms with Crippen LogP contribution in [0.3, 0.4) is 0 Å². The summed E-state index contributed by atoms with van der Waals surface area (Å²) in [5.41, 5.74) is -7.26. The number of aromatic nitrogens is 4. The van der Waals surface area contributed by atoms with Gasteiger partial charge < -0.3 is 49.0 Å². The number of aliphatic carboxylic acids is 1. The number of carboxylic acid groups (broad SMARTS) is 1. The number of esters is 1. The van der Waals surface area contributed by atoms with Gasteiger partial charge in [-0.1, -0.05) is 56.0 Å². The molecule has 602 valence electrons. The van der Waals surface area contributed by atoms with Crippen molar-refractivity contribution >= 4 is 55.5 Å². The van der Waals surface area contributed by atoms with Gasteiger partial charge in [-0.05, 0) is 107 Å². The maximum atomic E-state index is 16.9. The highest BCUT2D eigenvalue weighted by atomic mass is 31.2. The average Bonchev–Trinajstić information content (AvgIpc) is 1.75. The molecular formula is C73H84F10N11O16P. The molecule has 38 heteroatoms. The van der Waals surface area contributed by atoms with Crippen LogP contribution >= 0.6 is 7.82 Å². The number of nitrogens with zero attached hydrogens (tertiary/aromatic N) is 8. The zero-order valence-electron chi connectivity index (χ0n) is 61.7. The van der Waals surface area contributed by atoms with Gasteiger partial charge in [0.1, 0.15) is 41.6 Å². The average molecular weight is 1590 g/mol. The lowest BCUT2D eigenvalue weighted by molar-refractivity contribution is -0.221. The third kappa shape index (κ3) is 20.5. The summed E-state index contributed by atoms with van der Waals surface area (Å²) in [7, 11) is -4.09. The second-order valence-electron chi connectivity index (χ2n) is 29.6. The third-order valence-corrected chi connectivity index (χ3v) is 20.7. The van der Waals surface area contributed by atoms with Crippen LogP contribution in [0.25, 0.3) is 11.3 Å². The first kappa shape index (κ1) is 85.3. The number of nitrogens with one attached hydrogen (secondary N) is 3. The molecule has 2 aromatic heterocycles. The number of alkyl halides is 8. The Balaban J connectivity index is 1.17. The van der Waals surface area contributed by atoms with Crippen molar-refractivity contribution in [1.82, 2.24) is 50.6 Å². The number of carbonyl (C=O) groups is 7. The van der Waals surface area contributed by atoms with E-state index in [2.05, 4.69) is 58.2 Å². The SMILES string of the molecule is C=C1C[C@@H](C(=O)O)N(C(=O)Cc2cc(C)cc(OP(=O)(O)O)c2C(C)(C)CC(=O)O[C@@H](CN(Cc2c(F)cc(-c3ccn(C(F)F)n3)cc2F)NC(=O)[C@@H](NC(=O)OC)C(C)(C)C(F)(F)F)[C@@H](CC(=O)[C@@H](NC(=O)OC)C(C)(C)C(F)(F)F)Cc2ccc(C#Cc3cnc(N4CC5CCC(C4)N5C4COC4)nc3)cc2)C1.